The molecule has 0 fully saturated rings. The normalized spacial score (nSPS) is 11.7. The molecule has 1 heterocycles. The van der Waals surface area contributed by atoms with Crippen LogP contribution < -0.4 is 5.32 Å². The van der Waals surface area contributed by atoms with E-state index in [9.17, 15) is 14.4 Å². The molecule has 0 radical (unpaired) electrons. The number of aromatic nitrogens is 1. The zero-order chi connectivity index (χ0) is 21.3. The summed E-state index contributed by atoms with van der Waals surface area (Å²) in [7, 11) is 0. The van der Waals surface area contributed by atoms with E-state index in [2.05, 4.69) is 10.3 Å². The van der Waals surface area contributed by atoms with E-state index >= 15 is 0 Å². The number of hydrogen-bond donors (Lipinski definition) is 1. The molecule has 7 heteroatoms. The summed E-state index contributed by atoms with van der Waals surface area (Å²) < 4.78 is 5.23. The van der Waals surface area contributed by atoms with Gasteiger partial charge in [-0.25, -0.2) is 4.79 Å². The van der Waals surface area contributed by atoms with Crippen molar-refractivity contribution < 1.29 is 19.1 Å². The van der Waals surface area contributed by atoms with Gasteiger partial charge in [-0.1, -0.05) is 51.1 Å². The van der Waals surface area contributed by atoms with Crippen molar-refractivity contribution in [2.45, 2.75) is 52.7 Å². The van der Waals surface area contributed by atoms with Crippen LogP contribution in [-0.4, -0.2) is 28.7 Å². The Morgan fingerprint density at radius 3 is 2.20 bits per heavy atom. The van der Waals surface area contributed by atoms with Gasteiger partial charge in [-0.15, -0.1) is 12.4 Å². The van der Waals surface area contributed by atoms with Gasteiger partial charge in [0.1, 0.15) is 12.4 Å². The summed E-state index contributed by atoms with van der Waals surface area (Å²) in [5.74, 6) is -0.170. The van der Waals surface area contributed by atoms with Gasteiger partial charge in [-0.05, 0) is 29.7 Å². The number of pyridine rings is 1. The molecule has 1 aromatic carbocycles. The predicted molar refractivity (Wildman–Crippen MR) is 117 cm³/mol. The van der Waals surface area contributed by atoms with Crippen LogP contribution in [0.5, 0.6) is 0 Å². The highest BCUT2D eigenvalue weighted by molar-refractivity contribution is 5.92. The van der Waals surface area contributed by atoms with Crippen LogP contribution >= 0.6 is 12.4 Å². The fraction of sp³-hybridized carbons (Fsp3) is 0.391. The van der Waals surface area contributed by atoms with Crippen LogP contribution in [0.15, 0.2) is 54.9 Å². The number of hydrogen-bond acceptors (Lipinski definition) is 5. The molecule has 0 aliphatic heterocycles. The first-order chi connectivity index (χ1) is 13.8. The third-order valence-electron chi connectivity index (χ3n) is 4.52. The molecule has 0 aliphatic carbocycles. The second kappa shape index (κ2) is 12.1. The zero-order valence-corrected chi connectivity index (χ0v) is 18.4. The van der Waals surface area contributed by atoms with Crippen molar-refractivity contribution in [2.75, 3.05) is 0 Å². The van der Waals surface area contributed by atoms with E-state index in [1.807, 2.05) is 51.1 Å². The Balaban J connectivity index is 0.00000450. The number of amides is 1. The van der Waals surface area contributed by atoms with Crippen LogP contribution in [0, 0.1) is 5.41 Å². The number of ether oxygens (including phenoxy) is 1. The van der Waals surface area contributed by atoms with Crippen LogP contribution in [-0.2, 0) is 27.4 Å². The molecular formula is C23H29ClN2O4. The van der Waals surface area contributed by atoms with E-state index in [4.69, 9.17) is 4.74 Å². The molecule has 0 bridgehead atoms. The highest BCUT2D eigenvalue weighted by Crippen LogP contribution is 2.18. The van der Waals surface area contributed by atoms with Crippen molar-refractivity contribution in [3.05, 3.63) is 66.0 Å². The molecule has 30 heavy (non-hydrogen) atoms. The Hall–Kier alpha value is -2.73. The summed E-state index contributed by atoms with van der Waals surface area (Å²) in [5.41, 5.74) is 1.23. The van der Waals surface area contributed by atoms with Crippen molar-refractivity contribution >= 4 is 30.1 Å². The lowest BCUT2D eigenvalue weighted by molar-refractivity contribution is -0.129. The second-order valence-corrected chi connectivity index (χ2v) is 7.96. The molecular weight excluding hydrogens is 404 g/mol. The lowest BCUT2D eigenvalue weighted by Gasteiger charge is -2.20. The molecule has 1 amide bonds. The summed E-state index contributed by atoms with van der Waals surface area (Å²) in [6, 6.07) is 12.2. The van der Waals surface area contributed by atoms with Gasteiger partial charge in [0.2, 0.25) is 0 Å². The number of rotatable bonds is 9. The molecule has 0 spiro atoms. The summed E-state index contributed by atoms with van der Waals surface area (Å²) in [4.78, 5) is 41.1. The van der Waals surface area contributed by atoms with E-state index < -0.39 is 17.6 Å². The van der Waals surface area contributed by atoms with Crippen molar-refractivity contribution in [1.29, 1.82) is 0 Å². The van der Waals surface area contributed by atoms with E-state index in [-0.39, 0.29) is 43.4 Å². The summed E-state index contributed by atoms with van der Waals surface area (Å²) in [6.07, 6.45) is 3.14. The summed E-state index contributed by atoms with van der Waals surface area (Å²) in [5, 5.41) is 2.66. The standard InChI is InChI=1S/C23H28N2O4.ClH/c1-23(2,3)21(27)10-9-20(26)19(15-17-7-5-4-6-8-17)25-22(28)29-16-18-11-13-24-14-12-18;/h4-8,11-14,19H,9-10,15-16H2,1-3H3,(H,25,28);1H/t19-;/m0./s1. The molecule has 0 aliphatic rings. The Bertz CT molecular complexity index is 820. The van der Waals surface area contributed by atoms with Gasteiger partial charge < -0.3 is 10.1 Å². The molecule has 1 aromatic heterocycles. The lowest BCUT2D eigenvalue weighted by Crippen LogP contribution is -2.43. The number of Topliss-reactive ketones (excluding diaryl/α,β-unsaturated/α-hetero) is 2. The van der Waals surface area contributed by atoms with Gasteiger partial charge in [0, 0.05) is 30.7 Å². The van der Waals surface area contributed by atoms with Crippen LogP contribution in [0.1, 0.15) is 44.7 Å². The third-order valence-corrected chi connectivity index (χ3v) is 4.52. The first-order valence-electron chi connectivity index (χ1n) is 9.68. The molecule has 0 saturated carbocycles. The first kappa shape index (κ1) is 25.3. The summed E-state index contributed by atoms with van der Waals surface area (Å²) >= 11 is 0. The number of nitrogens with zero attached hydrogens (tertiary/aromatic N) is 1. The highest BCUT2D eigenvalue weighted by Gasteiger charge is 2.26. The van der Waals surface area contributed by atoms with Gasteiger partial charge in [0.25, 0.3) is 0 Å². The van der Waals surface area contributed by atoms with Crippen LogP contribution in [0.3, 0.4) is 0 Å². The Labute approximate surface area is 183 Å². The number of halogens is 1. The van der Waals surface area contributed by atoms with Gasteiger partial charge in [-0.3, -0.25) is 14.6 Å². The van der Waals surface area contributed by atoms with E-state index in [0.29, 0.717) is 6.42 Å². The molecule has 1 N–H and O–H groups in total. The molecule has 6 nitrogen and oxygen atoms in total. The van der Waals surface area contributed by atoms with Crippen LogP contribution in [0.2, 0.25) is 0 Å². The number of carbonyl (C=O) groups excluding carboxylic acids is 3. The van der Waals surface area contributed by atoms with E-state index in [1.165, 1.54) is 0 Å². The minimum Gasteiger partial charge on any atom is -0.445 e. The highest BCUT2D eigenvalue weighted by atomic mass is 35.5. The molecule has 2 rings (SSSR count). The third kappa shape index (κ3) is 8.74. The van der Waals surface area contributed by atoms with Crippen molar-refractivity contribution in [3.8, 4) is 0 Å². The maximum atomic E-state index is 12.8. The monoisotopic (exact) mass is 432 g/mol. The molecule has 0 unspecified atom stereocenters. The Morgan fingerprint density at radius 1 is 0.967 bits per heavy atom. The van der Waals surface area contributed by atoms with Crippen molar-refractivity contribution in [3.63, 3.8) is 0 Å². The molecule has 2 aromatic rings. The lowest BCUT2D eigenvalue weighted by atomic mass is 9.87. The van der Waals surface area contributed by atoms with E-state index in [1.54, 1.807) is 24.5 Å². The Kier molecular flexibility index (Phi) is 10.2. The minimum atomic E-state index is -0.755. The zero-order valence-electron chi connectivity index (χ0n) is 17.6. The quantitative estimate of drug-likeness (QED) is 0.638. The van der Waals surface area contributed by atoms with Crippen molar-refractivity contribution in [1.82, 2.24) is 10.3 Å². The molecule has 162 valence electrons. The maximum absolute atomic E-state index is 12.8. The van der Waals surface area contributed by atoms with Crippen molar-refractivity contribution in [2.24, 2.45) is 5.41 Å². The second-order valence-electron chi connectivity index (χ2n) is 7.96. The number of alkyl carbamates (subject to hydrolysis) is 1. The summed E-state index contributed by atoms with van der Waals surface area (Å²) in [6.45, 7) is 5.57. The average molecular weight is 433 g/mol. The fourth-order valence-corrected chi connectivity index (χ4v) is 2.69. The smallest absolute Gasteiger partial charge is 0.408 e. The largest absolute Gasteiger partial charge is 0.445 e. The topological polar surface area (TPSA) is 85.4 Å². The van der Waals surface area contributed by atoms with Gasteiger partial charge in [0.05, 0.1) is 6.04 Å². The number of benzene rings is 1. The first-order valence-corrected chi connectivity index (χ1v) is 9.68. The van der Waals surface area contributed by atoms with Crippen LogP contribution in [0.4, 0.5) is 4.79 Å². The SMILES string of the molecule is CC(C)(C)C(=O)CCC(=O)[C@H](Cc1ccccc1)NC(=O)OCc1ccncc1.Cl. The average Bonchev–Trinajstić information content (AvgIpc) is 2.70. The minimum absolute atomic E-state index is 0. The van der Waals surface area contributed by atoms with Gasteiger partial charge in [-0.2, -0.15) is 0 Å². The number of carbonyl (C=O) groups is 3. The number of ketones is 2. The van der Waals surface area contributed by atoms with Gasteiger partial charge in [0.15, 0.2) is 5.78 Å². The molecule has 1 atom stereocenters. The molecule has 0 saturated heterocycles. The fourth-order valence-electron chi connectivity index (χ4n) is 2.69. The maximum Gasteiger partial charge on any atom is 0.408 e. The van der Waals surface area contributed by atoms with Crippen LogP contribution in [0.25, 0.3) is 0 Å². The van der Waals surface area contributed by atoms with E-state index in [0.717, 1.165) is 11.1 Å². The van der Waals surface area contributed by atoms with Gasteiger partial charge >= 0.3 is 6.09 Å². The Morgan fingerprint density at radius 2 is 1.60 bits per heavy atom. The predicted octanol–water partition coefficient (Wildman–Crippen LogP) is 4.31. The number of nitrogens with one attached hydrogen (secondary N) is 1.